The van der Waals surface area contributed by atoms with E-state index in [1.165, 1.54) is 12.2 Å². The van der Waals surface area contributed by atoms with Crippen LogP contribution in [-0.4, -0.2) is 5.94 Å². The van der Waals surface area contributed by atoms with Crippen LogP contribution in [0, 0.1) is 0 Å². The smallest absolute Gasteiger partial charge is 0.173 e. The second-order valence-electron chi connectivity index (χ2n) is 0.841. The lowest BCUT2D eigenvalue weighted by Gasteiger charge is -1.77. The van der Waals surface area contributed by atoms with Crippen molar-refractivity contribution in [2.24, 2.45) is 0 Å². The summed E-state index contributed by atoms with van der Waals surface area (Å²) < 4.78 is 4.40. The van der Waals surface area contributed by atoms with Gasteiger partial charge in [0.2, 0.25) is 0 Å². The summed E-state index contributed by atoms with van der Waals surface area (Å²) in [5, 5.41) is 0. The fourth-order valence-corrected chi connectivity index (χ4v) is 0.146. The predicted octanol–water partition coefficient (Wildman–Crippen LogP) is 0.882. The highest BCUT2D eigenvalue weighted by Gasteiger charge is 1.58. The molecule has 0 saturated carbocycles. The highest BCUT2D eigenvalue weighted by Crippen LogP contribution is 1.71. The van der Waals surface area contributed by atoms with Crippen LogP contribution in [0.2, 0.25) is 0 Å². The van der Waals surface area contributed by atoms with Crippen molar-refractivity contribution in [3.8, 4) is 0 Å². The molecule has 2 heteroatoms. The van der Waals surface area contributed by atoms with Crippen molar-refractivity contribution in [1.29, 1.82) is 0 Å². The third-order valence-corrected chi connectivity index (χ3v) is 0.331. The summed E-state index contributed by atoms with van der Waals surface area (Å²) in [6, 6.07) is 0. The summed E-state index contributed by atoms with van der Waals surface area (Å²) in [6.07, 6.45) is 4.01. The van der Waals surface area contributed by atoms with Crippen molar-refractivity contribution in [2.45, 2.75) is 6.92 Å². The molecule has 0 radical (unpaired) electrons. The monoisotopic (exact) mass is 98.0 g/mol. The Morgan fingerprint density at radius 1 is 1.71 bits per heavy atom. The Morgan fingerprint density at radius 2 is 2.43 bits per heavy atom. The summed E-state index contributed by atoms with van der Waals surface area (Å²) in [4.78, 5) is 9.34. The van der Waals surface area contributed by atoms with Crippen LogP contribution in [0.1, 0.15) is 6.92 Å². The molecule has 0 aromatic heterocycles. The number of carbonyl (C=O) groups excluding carboxylic acids is 1. The van der Waals surface area contributed by atoms with Crippen molar-refractivity contribution in [3.63, 3.8) is 0 Å². The maximum absolute atomic E-state index is 9.34. The molecule has 0 aliphatic carbocycles. The number of rotatable bonds is 2. The Morgan fingerprint density at radius 3 is 2.86 bits per heavy atom. The van der Waals surface area contributed by atoms with Crippen LogP contribution >= 0.6 is 0 Å². The molecule has 0 bridgehead atoms. The molecular formula is C5H6O2. The Balaban J connectivity index is 3.15. The molecular weight excluding hydrogens is 92.1 g/mol. The Hall–Kier alpha value is -1.01. The first-order valence-electron chi connectivity index (χ1n) is 1.87. The van der Waals surface area contributed by atoms with Crippen molar-refractivity contribution >= 4 is 5.94 Å². The van der Waals surface area contributed by atoms with E-state index in [-0.39, 0.29) is 0 Å². The van der Waals surface area contributed by atoms with Gasteiger partial charge in [0.05, 0.1) is 6.26 Å². The van der Waals surface area contributed by atoms with E-state index >= 15 is 0 Å². The molecule has 0 atom stereocenters. The summed E-state index contributed by atoms with van der Waals surface area (Å²) >= 11 is 0. The number of allylic oxidation sites excluding steroid dienone is 1. The van der Waals surface area contributed by atoms with E-state index in [1.54, 1.807) is 13.0 Å². The summed E-state index contributed by atoms with van der Waals surface area (Å²) in [7, 11) is 0. The molecule has 2 nitrogen and oxygen atoms in total. The van der Waals surface area contributed by atoms with E-state index in [4.69, 9.17) is 0 Å². The molecule has 0 aromatic carbocycles. The number of hydrogen-bond donors (Lipinski definition) is 0. The van der Waals surface area contributed by atoms with Crippen LogP contribution in [0.5, 0.6) is 0 Å². The van der Waals surface area contributed by atoms with Gasteiger partial charge in [-0.1, -0.05) is 6.08 Å². The van der Waals surface area contributed by atoms with Crippen molar-refractivity contribution in [2.75, 3.05) is 0 Å². The van der Waals surface area contributed by atoms with Gasteiger partial charge in [-0.15, -0.1) is 0 Å². The fraction of sp³-hybridized carbons (Fsp3) is 0.200. The topological polar surface area (TPSA) is 26.3 Å². The second-order valence-corrected chi connectivity index (χ2v) is 0.841. The third-order valence-electron chi connectivity index (χ3n) is 0.331. The first-order valence-corrected chi connectivity index (χ1v) is 1.87. The molecule has 0 fully saturated rings. The van der Waals surface area contributed by atoms with Crippen LogP contribution < -0.4 is 0 Å². The van der Waals surface area contributed by atoms with Gasteiger partial charge in [-0.05, 0) is 6.92 Å². The molecule has 7 heavy (non-hydrogen) atoms. The van der Waals surface area contributed by atoms with Crippen molar-refractivity contribution in [1.82, 2.24) is 0 Å². The molecule has 0 aliphatic rings. The zero-order valence-corrected chi connectivity index (χ0v) is 4.05. The Bertz CT molecular complexity index is 98.6. The minimum Gasteiger partial charge on any atom is -0.461 e. The molecule has 0 heterocycles. The molecule has 0 aliphatic heterocycles. The zero-order valence-electron chi connectivity index (χ0n) is 4.05. The molecule has 0 unspecified atom stereocenters. The quantitative estimate of drug-likeness (QED) is 0.378. The Kier molecular flexibility index (Phi) is 4.27. The highest BCUT2D eigenvalue weighted by molar-refractivity contribution is 5.42. The van der Waals surface area contributed by atoms with Gasteiger partial charge in [0.1, 0.15) is 0 Å². The van der Waals surface area contributed by atoms with Crippen LogP contribution in [0.3, 0.4) is 0 Å². The average molecular weight is 98.1 g/mol. The van der Waals surface area contributed by atoms with Crippen LogP contribution in [0.15, 0.2) is 18.6 Å². The Labute approximate surface area is 42.1 Å². The molecule has 38 valence electrons. The lowest BCUT2D eigenvalue weighted by molar-refractivity contribution is 0.402. The maximum atomic E-state index is 9.34. The molecule has 0 N–H and O–H groups in total. The standard InChI is InChI=1S/C5H6O2/c1-2-4-7-5-3-6/h2,4-5H,1H3. The van der Waals surface area contributed by atoms with Crippen molar-refractivity contribution < 1.29 is 9.53 Å². The SMILES string of the molecule is CC=COC=C=O. The van der Waals surface area contributed by atoms with Crippen molar-refractivity contribution in [3.05, 3.63) is 18.6 Å². The van der Waals surface area contributed by atoms with E-state index < -0.39 is 0 Å². The van der Waals surface area contributed by atoms with Gasteiger partial charge < -0.3 is 4.74 Å². The molecule has 0 aromatic rings. The fourth-order valence-electron chi connectivity index (χ4n) is 0.146. The lowest BCUT2D eigenvalue weighted by Crippen LogP contribution is -1.61. The largest absolute Gasteiger partial charge is 0.461 e. The minimum absolute atomic E-state index is 0.944. The maximum Gasteiger partial charge on any atom is 0.173 e. The van der Waals surface area contributed by atoms with Gasteiger partial charge in [-0.3, -0.25) is 0 Å². The van der Waals surface area contributed by atoms with Gasteiger partial charge in [0.15, 0.2) is 12.2 Å². The summed E-state index contributed by atoms with van der Waals surface area (Å²) in [5.74, 6) is 1.45. The van der Waals surface area contributed by atoms with E-state index in [1.807, 2.05) is 0 Å². The first kappa shape index (κ1) is 5.99. The molecule has 0 amide bonds. The predicted molar refractivity (Wildman–Crippen MR) is 26.2 cm³/mol. The van der Waals surface area contributed by atoms with Gasteiger partial charge in [-0.2, -0.15) is 0 Å². The summed E-state index contributed by atoms with van der Waals surface area (Å²) in [5.41, 5.74) is 0. The highest BCUT2D eigenvalue weighted by atomic mass is 16.5. The zero-order chi connectivity index (χ0) is 5.54. The van der Waals surface area contributed by atoms with Gasteiger partial charge in [0, 0.05) is 0 Å². The number of hydrogen-bond acceptors (Lipinski definition) is 2. The average Bonchev–Trinajstić information content (AvgIpc) is 1.69. The van der Waals surface area contributed by atoms with E-state index in [0.29, 0.717) is 0 Å². The van der Waals surface area contributed by atoms with Gasteiger partial charge >= 0.3 is 0 Å². The van der Waals surface area contributed by atoms with Crippen LogP contribution in [0.25, 0.3) is 0 Å². The van der Waals surface area contributed by atoms with E-state index in [0.717, 1.165) is 6.26 Å². The molecule has 0 spiro atoms. The molecule has 0 saturated heterocycles. The second kappa shape index (κ2) is 4.99. The summed E-state index contributed by atoms with van der Waals surface area (Å²) in [6.45, 7) is 1.79. The van der Waals surface area contributed by atoms with E-state index in [2.05, 4.69) is 4.74 Å². The number of ether oxygens (including phenoxy) is 1. The minimum atomic E-state index is 0.944. The molecule has 0 rings (SSSR count). The van der Waals surface area contributed by atoms with Gasteiger partial charge in [-0.25, -0.2) is 4.79 Å². The lowest BCUT2D eigenvalue weighted by atomic mass is 10.7. The normalized spacial score (nSPS) is 8.14. The van der Waals surface area contributed by atoms with Crippen LogP contribution in [-0.2, 0) is 9.53 Å². The van der Waals surface area contributed by atoms with E-state index in [9.17, 15) is 4.79 Å². The third kappa shape index (κ3) is 4.99. The van der Waals surface area contributed by atoms with Gasteiger partial charge in [0.25, 0.3) is 0 Å². The first-order chi connectivity index (χ1) is 3.41. The van der Waals surface area contributed by atoms with Crippen LogP contribution in [0.4, 0.5) is 0 Å².